The summed E-state index contributed by atoms with van der Waals surface area (Å²) in [6.07, 6.45) is 4.01. The van der Waals surface area contributed by atoms with Crippen LogP contribution in [0, 0.1) is 16.7 Å². The predicted octanol–water partition coefficient (Wildman–Crippen LogP) is 2.66. The fourth-order valence-electron chi connectivity index (χ4n) is 4.69. The van der Waals surface area contributed by atoms with E-state index in [9.17, 15) is 4.79 Å². The van der Waals surface area contributed by atoms with Crippen LogP contribution < -0.4 is 5.32 Å². The van der Waals surface area contributed by atoms with Crippen LogP contribution in [-0.4, -0.2) is 36.5 Å². The van der Waals surface area contributed by atoms with Gasteiger partial charge in [0, 0.05) is 19.1 Å². The van der Waals surface area contributed by atoms with Crippen LogP contribution in [0.4, 0.5) is 0 Å². The molecular weight excluding hydrogens is 236 g/mol. The number of amides is 1. The molecule has 2 fully saturated rings. The Morgan fingerprint density at radius 1 is 1.26 bits per heavy atom. The summed E-state index contributed by atoms with van der Waals surface area (Å²) in [5.41, 5.74) is 0.730. The first kappa shape index (κ1) is 14.8. The van der Waals surface area contributed by atoms with Crippen molar-refractivity contribution in [2.45, 2.75) is 59.9 Å². The zero-order valence-corrected chi connectivity index (χ0v) is 13.3. The van der Waals surface area contributed by atoms with Crippen molar-refractivity contribution in [3.8, 4) is 0 Å². The van der Waals surface area contributed by atoms with Crippen molar-refractivity contribution in [1.29, 1.82) is 0 Å². The first-order valence-corrected chi connectivity index (χ1v) is 7.86. The smallest absolute Gasteiger partial charge is 0.236 e. The molecule has 2 bridgehead atoms. The maximum atomic E-state index is 12.1. The Balaban J connectivity index is 1.98. The number of rotatable bonds is 5. The monoisotopic (exact) mass is 266 g/mol. The van der Waals surface area contributed by atoms with Crippen molar-refractivity contribution in [1.82, 2.24) is 10.2 Å². The third-order valence-electron chi connectivity index (χ3n) is 5.84. The highest BCUT2D eigenvalue weighted by atomic mass is 16.2. The number of nitrogens with zero attached hydrogens (tertiary/aromatic N) is 1. The van der Waals surface area contributed by atoms with Gasteiger partial charge in [-0.2, -0.15) is 0 Å². The van der Waals surface area contributed by atoms with Gasteiger partial charge in [-0.15, -0.1) is 0 Å². The fraction of sp³-hybridized carbons (Fsp3) is 0.938. The second kappa shape index (κ2) is 5.08. The van der Waals surface area contributed by atoms with Gasteiger partial charge >= 0.3 is 0 Å². The summed E-state index contributed by atoms with van der Waals surface area (Å²) in [7, 11) is 0. The number of fused-ring (bicyclic) bond motifs is 2. The lowest BCUT2D eigenvalue weighted by molar-refractivity contribution is -0.130. The van der Waals surface area contributed by atoms with Crippen LogP contribution in [0.2, 0.25) is 0 Å². The van der Waals surface area contributed by atoms with Gasteiger partial charge in [0.25, 0.3) is 0 Å². The summed E-state index contributed by atoms with van der Waals surface area (Å²) in [6.45, 7) is 13.4. The lowest BCUT2D eigenvalue weighted by Crippen LogP contribution is -2.53. The lowest BCUT2D eigenvalue weighted by Gasteiger charge is -2.43. The van der Waals surface area contributed by atoms with Crippen LogP contribution in [0.1, 0.15) is 53.9 Å². The van der Waals surface area contributed by atoms with E-state index in [1.165, 1.54) is 19.3 Å². The quantitative estimate of drug-likeness (QED) is 0.829. The van der Waals surface area contributed by atoms with E-state index in [0.29, 0.717) is 23.4 Å². The van der Waals surface area contributed by atoms with E-state index < -0.39 is 0 Å². The molecule has 3 atom stereocenters. The van der Waals surface area contributed by atoms with Gasteiger partial charge in [0.15, 0.2) is 0 Å². The predicted molar refractivity (Wildman–Crippen MR) is 78.9 cm³/mol. The minimum atomic E-state index is 0.243. The van der Waals surface area contributed by atoms with Crippen molar-refractivity contribution < 1.29 is 4.79 Å². The molecule has 0 aromatic carbocycles. The topological polar surface area (TPSA) is 32.3 Å². The molecule has 0 aromatic heterocycles. The van der Waals surface area contributed by atoms with Gasteiger partial charge < -0.3 is 10.2 Å². The molecule has 1 N–H and O–H groups in total. The molecule has 19 heavy (non-hydrogen) atoms. The van der Waals surface area contributed by atoms with Crippen molar-refractivity contribution in [3.05, 3.63) is 0 Å². The van der Waals surface area contributed by atoms with Gasteiger partial charge in [-0.25, -0.2) is 0 Å². The largest absolute Gasteiger partial charge is 0.342 e. The van der Waals surface area contributed by atoms with Crippen molar-refractivity contribution in [2.24, 2.45) is 16.7 Å². The average molecular weight is 266 g/mol. The number of hydrogen-bond donors (Lipinski definition) is 1. The first-order chi connectivity index (χ1) is 8.85. The second-order valence-corrected chi connectivity index (χ2v) is 7.30. The van der Waals surface area contributed by atoms with Crippen LogP contribution in [0.15, 0.2) is 0 Å². The minimum Gasteiger partial charge on any atom is -0.342 e. The fourth-order valence-corrected chi connectivity index (χ4v) is 4.69. The minimum absolute atomic E-state index is 0.243. The van der Waals surface area contributed by atoms with E-state index >= 15 is 0 Å². The summed E-state index contributed by atoms with van der Waals surface area (Å²) in [6, 6.07) is 0.485. The Hall–Kier alpha value is -0.570. The molecule has 3 heteroatoms. The number of nitrogens with one attached hydrogen (secondary N) is 1. The van der Waals surface area contributed by atoms with Crippen LogP contribution in [0.25, 0.3) is 0 Å². The molecular formula is C16H30N2O. The average Bonchev–Trinajstić information content (AvgIpc) is 2.81. The third-order valence-corrected chi connectivity index (χ3v) is 5.84. The lowest BCUT2D eigenvalue weighted by atomic mass is 9.68. The van der Waals surface area contributed by atoms with E-state index in [-0.39, 0.29) is 5.91 Å². The van der Waals surface area contributed by atoms with Gasteiger partial charge in [0.1, 0.15) is 0 Å². The molecule has 2 aliphatic carbocycles. The highest BCUT2D eigenvalue weighted by molar-refractivity contribution is 5.78. The van der Waals surface area contributed by atoms with Crippen molar-refractivity contribution >= 4 is 5.91 Å². The molecule has 2 rings (SSSR count). The van der Waals surface area contributed by atoms with Crippen molar-refractivity contribution in [3.63, 3.8) is 0 Å². The molecule has 0 heterocycles. The second-order valence-electron chi connectivity index (χ2n) is 7.30. The number of carbonyl (C=O) groups excluding carboxylic acids is 1. The van der Waals surface area contributed by atoms with Gasteiger partial charge in [0.2, 0.25) is 5.91 Å². The third kappa shape index (κ3) is 2.42. The van der Waals surface area contributed by atoms with Crippen LogP contribution in [0.5, 0.6) is 0 Å². The Morgan fingerprint density at radius 3 is 2.37 bits per heavy atom. The molecule has 2 aliphatic rings. The van der Waals surface area contributed by atoms with Crippen molar-refractivity contribution in [2.75, 3.05) is 19.6 Å². The maximum Gasteiger partial charge on any atom is 0.236 e. The first-order valence-electron chi connectivity index (χ1n) is 7.86. The zero-order chi connectivity index (χ0) is 14.3. The van der Waals surface area contributed by atoms with E-state index in [2.05, 4.69) is 26.1 Å². The molecule has 0 aliphatic heterocycles. The van der Waals surface area contributed by atoms with Gasteiger partial charge in [-0.1, -0.05) is 20.8 Å². The van der Waals surface area contributed by atoms with E-state index in [1.54, 1.807) is 0 Å². The van der Waals surface area contributed by atoms with Crippen LogP contribution >= 0.6 is 0 Å². The van der Waals surface area contributed by atoms with Gasteiger partial charge in [0.05, 0.1) is 6.54 Å². The normalized spacial score (nSPS) is 35.6. The maximum absolute atomic E-state index is 12.1. The van der Waals surface area contributed by atoms with Crippen LogP contribution in [-0.2, 0) is 4.79 Å². The molecule has 1 unspecified atom stereocenters. The summed E-state index contributed by atoms with van der Waals surface area (Å²) in [5, 5.41) is 3.60. The zero-order valence-electron chi connectivity index (χ0n) is 13.3. The Kier molecular flexibility index (Phi) is 3.97. The standard InChI is InChI=1S/C16H30N2O/c1-6-18(7-2)13(19)11-17-14-15(3,4)12-8-9-16(14,5)10-12/h12,14,17H,6-11H2,1-5H3/t12-,14?,16+/m0/s1. The Bertz CT molecular complexity index is 344. The molecule has 3 nitrogen and oxygen atoms in total. The SMILES string of the molecule is CCN(CC)C(=O)CNC1C(C)(C)[C@H]2CC[C@]1(C)C2. The molecule has 0 aromatic rings. The van der Waals surface area contributed by atoms with E-state index in [1.807, 2.05) is 18.7 Å². The van der Waals surface area contributed by atoms with Gasteiger partial charge in [-0.05, 0) is 49.9 Å². The highest BCUT2D eigenvalue weighted by Gasteiger charge is 2.59. The summed E-state index contributed by atoms with van der Waals surface area (Å²) in [4.78, 5) is 14.1. The van der Waals surface area contributed by atoms with Crippen LogP contribution in [0.3, 0.4) is 0 Å². The number of likely N-dealkylation sites (N-methyl/N-ethyl adjacent to an activating group) is 1. The molecule has 0 radical (unpaired) electrons. The molecule has 2 saturated carbocycles. The summed E-state index contributed by atoms with van der Waals surface area (Å²) in [5.74, 6) is 1.07. The molecule has 1 amide bonds. The molecule has 0 spiro atoms. The van der Waals surface area contributed by atoms with E-state index in [0.717, 1.165) is 19.0 Å². The highest BCUT2D eigenvalue weighted by Crippen LogP contribution is 2.62. The number of hydrogen-bond acceptors (Lipinski definition) is 2. The molecule has 110 valence electrons. The van der Waals surface area contributed by atoms with Gasteiger partial charge in [-0.3, -0.25) is 4.79 Å². The Morgan fingerprint density at radius 2 is 1.89 bits per heavy atom. The number of carbonyl (C=O) groups is 1. The summed E-state index contributed by atoms with van der Waals surface area (Å²) < 4.78 is 0. The van der Waals surface area contributed by atoms with E-state index in [4.69, 9.17) is 0 Å². The molecule has 0 saturated heterocycles. The Labute approximate surface area is 118 Å². The summed E-state index contributed by atoms with van der Waals surface area (Å²) >= 11 is 0.